The number of carbonyl (C=O) groups excluding carboxylic acids is 1. The van der Waals surface area contributed by atoms with Gasteiger partial charge in [-0.25, -0.2) is 0 Å². The number of aromatic amines is 1. The van der Waals surface area contributed by atoms with E-state index in [0.717, 1.165) is 35.0 Å². The second-order valence-corrected chi connectivity index (χ2v) is 7.24. The zero-order valence-electron chi connectivity index (χ0n) is 13.1. The van der Waals surface area contributed by atoms with Gasteiger partial charge in [0.2, 0.25) is 5.91 Å². The van der Waals surface area contributed by atoms with Crippen LogP contribution in [0.1, 0.15) is 24.1 Å². The Labute approximate surface area is 150 Å². The van der Waals surface area contributed by atoms with Crippen molar-refractivity contribution in [3.05, 3.63) is 63.8 Å². The third-order valence-electron chi connectivity index (χ3n) is 4.68. The first-order chi connectivity index (χ1) is 11.5. The summed E-state index contributed by atoms with van der Waals surface area (Å²) in [5.74, 6) is -0.00585. The molecule has 122 valence electrons. The lowest BCUT2D eigenvalue weighted by Crippen LogP contribution is -2.28. The fraction of sp³-hybridized carbons (Fsp3) is 0.211. The van der Waals surface area contributed by atoms with Crippen molar-refractivity contribution in [3.8, 4) is 0 Å². The molecule has 1 saturated carbocycles. The topological polar surface area (TPSA) is 44.9 Å². The number of carbonyl (C=O) groups is 1. The molecular weight excluding hydrogens is 343 g/mol. The third-order valence-corrected chi connectivity index (χ3v) is 5.11. The van der Waals surface area contributed by atoms with Gasteiger partial charge in [0.25, 0.3) is 0 Å². The lowest BCUT2D eigenvalue weighted by Gasteiger charge is -2.17. The van der Waals surface area contributed by atoms with Crippen molar-refractivity contribution in [1.82, 2.24) is 4.98 Å². The molecular formula is C19H16Cl2N2O. The quantitative estimate of drug-likeness (QED) is 0.641. The van der Waals surface area contributed by atoms with Crippen LogP contribution in [0.3, 0.4) is 0 Å². The van der Waals surface area contributed by atoms with E-state index in [9.17, 15) is 4.79 Å². The number of aromatic nitrogens is 1. The van der Waals surface area contributed by atoms with Gasteiger partial charge in [0.1, 0.15) is 0 Å². The highest BCUT2D eigenvalue weighted by Crippen LogP contribution is 2.52. The predicted molar refractivity (Wildman–Crippen MR) is 99.0 cm³/mol. The van der Waals surface area contributed by atoms with Gasteiger partial charge < -0.3 is 10.3 Å². The van der Waals surface area contributed by atoms with E-state index < -0.39 is 5.41 Å². The van der Waals surface area contributed by atoms with Gasteiger partial charge in [-0.15, -0.1) is 0 Å². The molecule has 2 N–H and O–H groups in total. The summed E-state index contributed by atoms with van der Waals surface area (Å²) in [5.41, 5.74) is 3.37. The summed E-state index contributed by atoms with van der Waals surface area (Å²) in [7, 11) is 0. The van der Waals surface area contributed by atoms with Crippen LogP contribution >= 0.6 is 23.2 Å². The molecule has 0 saturated heterocycles. The van der Waals surface area contributed by atoms with E-state index in [1.54, 1.807) is 18.2 Å². The Morgan fingerprint density at radius 1 is 1.12 bits per heavy atom. The Bertz CT molecular complexity index is 937. The largest absolute Gasteiger partial charge is 0.358 e. The third kappa shape index (κ3) is 2.48. The maximum Gasteiger partial charge on any atom is 0.235 e. The van der Waals surface area contributed by atoms with E-state index >= 15 is 0 Å². The van der Waals surface area contributed by atoms with Crippen molar-refractivity contribution in [3.63, 3.8) is 0 Å². The summed E-state index contributed by atoms with van der Waals surface area (Å²) in [5, 5.41) is 5.11. The highest BCUT2D eigenvalue weighted by Gasteiger charge is 2.53. The zero-order chi connectivity index (χ0) is 16.9. The molecule has 1 aromatic heterocycles. The molecule has 0 aliphatic heterocycles. The number of benzene rings is 2. The van der Waals surface area contributed by atoms with E-state index in [2.05, 4.69) is 16.4 Å². The number of aryl methyl sites for hydroxylation is 1. The molecule has 0 bridgehead atoms. The van der Waals surface area contributed by atoms with Crippen LogP contribution in [0.15, 0.2) is 42.5 Å². The molecule has 2 aromatic carbocycles. The molecule has 1 aliphatic carbocycles. The fourth-order valence-electron chi connectivity index (χ4n) is 3.49. The van der Waals surface area contributed by atoms with Crippen LogP contribution in [0.25, 0.3) is 10.9 Å². The number of rotatable bonds is 3. The number of amides is 1. The first-order valence-electron chi connectivity index (χ1n) is 7.85. The van der Waals surface area contributed by atoms with Crippen LogP contribution in [0, 0.1) is 6.92 Å². The molecule has 24 heavy (non-hydrogen) atoms. The Kier molecular flexibility index (Phi) is 3.59. The summed E-state index contributed by atoms with van der Waals surface area (Å²) in [6.07, 6.45) is 1.69. The minimum atomic E-state index is -0.474. The zero-order valence-corrected chi connectivity index (χ0v) is 14.6. The minimum Gasteiger partial charge on any atom is -0.358 e. The number of nitrogens with one attached hydrogen (secondary N) is 2. The molecule has 0 spiro atoms. The average molecular weight is 359 g/mol. The van der Waals surface area contributed by atoms with E-state index in [4.69, 9.17) is 23.2 Å². The summed E-state index contributed by atoms with van der Waals surface area (Å²) in [4.78, 5) is 16.4. The molecule has 5 heteroatoms. The van der Waals surface area contributed by atoms with Gasteiger partial charge in [-0.1, -0.05) is 41.4 Å². The highest BCUT2D eigenvalue weighted by atomic mass is 35.5. The Balaban J connectivity index is 1.72. The van der Waals surface area contributed by atoms with Crippen LogP contribution in [0.2, 0.25) is 10.0 Å². The van der Waals surface area contributed by atoms with Crippen molar-refractivity contribution in [2.45, 2.75) is 25.2 Å². The summed E-state index contributed by atoms with van der Waals surface area (Å²) < 4.78 is 0. The van der Waals surface area contributed by atoms with Crippen molar-refractivity contribution in [1.29, 1.82) is 0 Å². The second kappa shape index (κ2) is 5.54. The molecule has 0 radical (unpaired) electrons. The van der Waals surface area contributed by atoms with Gasteiger partial charge in [-0.3, -0.25) is 4.79 Å². The first-order valence-corrected chi connectivity index (χ1v) is 8.60. The van der Waals surface area contributed by atoms with Gasteiger partial charge in [-0.05, 0) is 49.6 Å². The highest BCUT2D eigenvalue weighted by molar-refractivity contribution is 6.35. The molecule has 1 amide bonds. The molecule has 1 aliphatic rings. The lowest BCUT2D eigenvalue weighted by molar-refractivity contribution is -0.118. The van der Waals surface area contributed by atoms with E-state index in [-0.39, 0.29) is 5.91 Å². The van der Waals surface area contributed by atoms with E-state index in [1.165, 1.54) is 0 Å². The number of hydrogen-bond donors (Lipinski definition) is 2. The van der Waals surface area contributed by atoms with E-state index in [0.29, 0.717) is 15.7 Å². The fourth-order valence-corrected chi connectivity index (χ4v) is 4.01. The molecule has 1 fully saturated rings. The smallest absolute Gasteiger partial charge is 0.235 e. The number of fused-ring (bicyclic) bond motifs is 1. The van der Waals surface area contributed by atoms with Crippen molar-refractivity contribution < 1.29 is 4.79 Å². The monoisotopic (exact) mass is 358 g/mol. The van der Waals surface area contributed by atoms with Crippen molar-refractivity contribution in [2.24, 2.45) is 0 Å². The standard InChI is InChI=1S/C19H16Cl2N2O/c1-11-17(15-4-2-3-5-16(15)22-11)19(6-7-19)18(24)23-14-9-12(20)8-13(21)10-14/h2-5,8-10,22H,6-7H2,1H3,(H,23,24). The Hall–Kier alpha value is -1.97. The van der Waals surface area contributed by atoms with Crippen LogP contribution in [-0.2, 0) is 10.2 Å². The van der Waals surface area contributed by atoms with Gasteiger partial charge >= 0.3 is 0 Å². The maximum absolute atomic E-state index is 13.0. The van der Waals surface area contributed by atoms with Crippen molar-refractivity contribution in [2.75, 3.05) is 5.32 Å². The molecule has 4 rings (SSSR count). The summed E-state index contributed by atoms with van der Waals surface area (Å²) >= 11 is 12.1. The van der Waals surface area contributed by atoms with Gasteiger partial charge in [0.05, 0.1) is 5.41 Å². The molecule has 1 heterocycles. The van der Waals surface area contributed by atoms with Crippen LogP contribution in [0.5, 0.6) is 0 Å². The first kappa shape index (κ1) is 15.6. The van der Waals surface area contributed by atoms with Gasteiger partial charge in [0.15, 0.2) is 0 Å². The maximum atomic E-state index is 13.0. The molecule has 3 nitrogen and oxygen atoms in total. The summed E-state index contributed by atoms with van der Waals surface area (Å²) in [6.45, 7) is 2.03. The van der Waals surface area contributed by atoms with Crippen LogP contribution in [0.4, 0.5) is 5.69 Å². The summed E-state index contributed by atoms with van der Waals surface area (Å²) in [6, 6.07) is 13.2. The molecule has 3 aromatic rings. The molecule has 0 unspecified atom stereocenters. The number of anilines is 1. The van der Waals surface area contributed by atoms with Crippen molar-refractivity contribution >= 4 is 45.7 Å². The lowest BCUT2D eigenvalue weighted by atomic mass is 9.92. The average Bonchev–Trinajstić information content (AvgIpc) is 3.23. The number of hydrogen-bond acceptors (Lipinski definition) is 1. The number of para-hydroxylation sites is 1. The van der Waals surface area contributed by atoms with Gasteiger partial charge in [0, 0.05) is 32.3 Å². The second-order valence-electron chi connectivity index (χ2n) is 6.36. The Morgan fingerprint density at radius 3 is 2.46 bits per heavy atom. The predicted octanol–water partition coefficient (Wildman–Crippen LogP) is 5.45. The van der Waals surface area contributed by atoms with Gasteiger partial charge in [-0.2, -0.15) is 0 Å². The number of halogens is 2. The van der Waals surface area contributed by atoms with Crippen LogP contribution < -0.4 is 5.32 Å². The number of H-pyrrole nitrogens is 1. The van der Waals surface area contributed by atoms with Crippen LogP contribution in [-0.4, -0.2) is 10.9 Å². The molecule has 0 atom stereocenters. The Morgan fingerprint density at radius 2 is 1.79 bits per heavy atom. The SMILES string of the molecule is Cc1[nH]c2ccccc2c1C1(C(=O)Nc2cc(Cl)cc(Cl)c2)CC1. The van der Waals surface area contributed by atoms with E-state index in [1.807, 2.05) is 25.1 Å². The normalized spacial score (nSPS) is 15.5. The minimum absolute atomic E-state index is 0.00585.